The molecule has 0 spiro atoms. The standard InChI is InChI=1S/C14H21N3O2S/c1-4-15-13(18)10-17(5-2)14(20)16-11-7-6-8-12(9-11)19-3/h6-9H,4-5,10H2,1-3H3,(H,15,18)(H,16,20). The van der Waals surface area contributed by atoms with Crippen LogP contribution in [0.2, 0.25) is 0 Å². The van der Waals surface area contributed by atoms with Crippen molar-refractivity contribution >= 4 is 28.9 Å². The Morgan fingerprint density at radius 3 is 2.75 bits per heavy atom. The third-order valence-electron chi connectivity index (χ3n) is 2.70. The Labute approximate surface area is 125 Å². The molecule has 0 heterocycles. The molecule has 0 aliphatic carbocycles. The Hall–Kier alpha value is -1.82. The summed E-state index contributed by atoms with van der Waals surface area (Å²) in [6, 6.07) is 7.49. The molecule has 0 fully saturated rings. The first-order valence-electron chi connectivity index (χ1n) is 6.57. The lowest BCUT2D eigenvalue weighted by atomic mass is 10.3. The largest absolute Gasteiger partial charge is 0.497 e. The minimum absolute atomic E-state index is 0.0378. The Balaban J connectivity index is 2.64. The number of carbonyl (C=O) groups is 1. The number of anilines is 1. The van der Waals surface area contributed by atoms with Crippen LogP contribution in [-0.2, 0) is 4.79 Å². The van der Waals surface area contributed by atoms with Gasteiger partial charge < -0.3 is 20.3 Å². The van der Waals surface area contributed by atoms with E-state index in [0.717, 1.165) is 11.4 Å². The average Bonchev–Trinajstić information content (AvgIpc) is 2.45. The molecule has 2 N–H and O–H groups in total. The molecule has 110 valence electrons. The number of hydrogen-bond donors (Lipinski definition) is 2. The molecule has 1 amide bonds. The number of methoxy groups -OCH3 is 1. The molecule has 0 bridgehead atoms. The Bertz CT molecular complexity index is 465. The first-order valence-corrected chi connectivity index (χ1v) is 6.98. The van der Waals surface area contributed by atoms with E-state index in [4.69, 9.17) is 17.0 Å². The number of rotatable bonds is 6. The van der Waals surface area contributed by atoms with Crippen molar-refractivity contribution in [2.75, 3.05) is 32.1 Å². The molecule has 5 nitrogen and oxygen atoms in total. The SMILES string of the molecule is CCNC(=O)CN(CC)C(=S)Nc1cccc(OC)c1. The smallest absolute Gasteiger partial charge is 0.239 e. The van der Waals surface area contributed by atoms with Gasteiger partial charge in [-0.15, -0.1) is 0 Å². The monoisotopic (exact) mass is 295 g/mol. The molecule has 0 saturated heterocycles. The van der Waals surface area contributed by atoms with E-state index in [-0.39, 0.29) is 12.5 Å². The quantitative estimate of drug-likeness (QED) is 0.785. The highest BCUT2D eigenvalue weighted by Crippen LogP contribution is 2.17. The molecule has 1 rings (SSSR count). The van der Waals surface area contributed by atoms with Gasteiger partial charge in [0.2, 0.25) is 5.91 Å². The van der Waals surface area contributed by atoms with E-state index in [0.29, 0.717) is 18.2 Å². The molecule has 6 heteroatoms. The fraction of sp³-hybridized carbons (Fsp3) is 0.429. The summed E-state index contributed by atoms with van der Waals surface area (Å²) in [4.78, 5) is 13.4. The molecule has 0 aliphatic heterocycles. The van der Waals surface area contributed by atoms with Gasteiger partial charge in [-0.2, -0.15) is 0 Å². The number of hydrogen-bond acceptors (Lipinski definition) is 3. The summed E-state index contributed by atoms with van der Waals surface area (Å²) in [6.45, 7) is 5.37. The minimum atomic E-state index is -0.0378. The summed E-state index contributed by atoms with van der Waals surface area (Å²) in [6.07, 6.45) is 0. The second kappa shape index (κ2) is 8.37. The van der Waals surface area contributed by atoms with Crippen LogP contribution in [0.3, 0.4) is 0 Å². The zero-order chi connectivity index (χ0) is 15.0. The van der Waals surface area contributed by atoms with E-state index >= 15 is 0 Å². The second-order valence-electron chi connectivity index (χ2n) is 4.13. The number of carbonyl (C=O) groups excluding carboxylic acids is 1. The van der Waals surface area contributed by atoms with Crippen molar-refractivity contribution < 1.29 is 9.53 Å². The molecule has 1 aromatic rings. The number of nitrogens with zero attached hydrogens (tertiary/aromatic N) is 1. The van der Waals surface area contributed by atoms with Crippen LogP contribution < -0.4 is 15.4 Å². The predicted octanol–water partition coefficient (Wildman–Crippen LogP) is 1.85. The molecule has 20 heavy (non-hydrogen) atoms. The first kappa shape index (κ1) is 16.2. The van der Waals surface area contributed by atoms with Crippen molar-refractivity contribution in [2.24, 2.45) is 0 Å². The molecule has 0 saturated carbocycles. The minimum Gasteiger partial charge on any atom is -0.497 e. The second-order valence-corrected chi connectivity index (χ2v) is 4.52. The van der Waals surface area contributed by atoms with Crippen LogP contribution in [-0.4, -0.2) is 42.7 Å². The van der Waals surface area contributed by atoms with Gasteiger partial charge in [-0.1, -0.05) is 6.07 Å². The lowest BCUT2D eigenvalue weighted by Crippen LogP contribution is -2.42. The number of thiocarbonyl (C=S) groups is 1. The normalized spacial score (nSPS) is 9.75. The zero-order valence-electron chi connectivity index (χ0n) is 12.1. The van der Waals surface area contributed by atoms with Crippen molar-refractivity contribution in [1.82, 2.24) is 10.2 Å². The highest BCUT2D eigenvalue weighted by atomic mass is 32.1. The van der Waals surface area contributed by atoms with Gasteiger partial charge in [0.15, 0.2) is 5.11 Å². The first-order chi connectivity index (χ1) is 9.60. The molecule has 0 unspecified atom stereocenters. The maximum Gasteiger partial charge on any atom is 0.239 e. The topological polar surface area (TPSA) is 53.6 Å². The molecule has 0 radical (unpaired) electrons. The zero-order valence-corrected chi connectivity index (χ0v) is 12.9. The summed E-state index contributed by atoms with van der Waals surface area (Å²) < 4.78 is 5.16. The van der Waals surface area contributed by atoms with Gasteiger partial charge in [0, 0.05) is 24.8 Å². The van der Waals surface area contributed by atoms with Gasteiger partial charge in [0.05, 0.1) is 13.7 Å². The fourth-order valence-electron chi connectivity index (χ4n) is 1.66. The lowest BCUT2D eigenvalue weighted by Gasteiger charge is -2.23. The van der Waals surface area contributed by atoms with Gasteiger partial charge in [0.25, 0.3) is 0 Å². The van der Waals surface area contributed by atoms with E-state index in [1.807, 2.05) is 38.1 Å². The van der Waals surface area contributed by atoms with Crippen molar-refractivity contribution in [3.05, 3.63) is 24.3 Å². The van der Waals surface area contributed by atoms with E-state index in [9.17, 15) is 4.79 Å². The summed E-state index contributed by atoms with van der Waals surface area (Å²) in [5.41, 5.74) is 0.837. The molecule has 0 aromatic heterocycles. The highest BCUT2D eigenvalue weighted by molar-refractivity contribution is 7.80. The Kier molecular flexibility index (Phi) is 6.79. The Morgan fingerprint density at radius 1 is 1.40 bits per heavy atom. The van der Waals surface area contributed by atoms with E-state index < -0.39 is 0 Å². The van der Waals surface area contributed by atoms with Crippen LogP contribution in [0, 0.1) is 0 Å². The predicted molar refractivity (Wildman–Crippen MR) is 85.1 cm³/mol. The Morgan fingerprint density at radius 2 is 2.15 bits per heavy atom. The molecular weight excluding hydrogens is 274 g/mol. The van der Waals surface area contributed by atoms with E-state index in [1.54, 1.807) is 12.0 Å². The third kappa shape index (κ3) is 5.05. The van der Waals surface area contributed by atoms with E-state index in [2.05, 4.69) is 10.6 Å². The fourth-order valence-corrected chi connectivity index (χ4v) is 1.97. The number of ether oxygens (including phenoxy) is 1. The van der Waals surface area contributed by atoms with E-state index in [1.165, 1.54) is 0 Å². The summed E-state index contributed by atoms with van der Waals surface area (Å²) in [5.74, 6) is 0.716. The van der Waals surface area contributed by atoms with Gasteiger partial charge in [-0.25, -0.2) is 0 Å². The average molecular weight is 295 g/mol. The molecule has 0 aliphatic rings. The van der Waals surface area contributed by atoms with Crippen molar-refractivity contribution in [1.29, 1.82) is 0 Å². The van der Waals surface area contributed by atoms with Crippen LogP contribution in [0.4, 0.5) is 5.69 Å². The maximum absolute atomic E-state index is 11.6. The van der Waals surface area contributed by atoms with Gasteiger partial charge in [-0.3, -0.25) is 4.79 Å². The summed E-state index contributed by atoms with van der Waals surface area (Å²) >= 11 is 5.33. The van der Waals surface area contributed by atoms with Crippen LogP contribution in [0.1, 0.15) is 13.8 Å². The summed E-state index contributed by atoms with van der Waals surface area (Å²) in [5, 5.41) is 6.39. The van der Waals surface area contributed by atoms with Crippen molar-refractivity contribution in [3.8, 4) is 5.75 Å². The molecule has 1 aromatic carbocycles. The number of nitrogens with one attached hydrogen (secondary N) is 2. The number of amides is 1. The third-order valence-corrected chi connectivity index (χ3v) is 3.06. The molecule has 0 atom stereocenters. The highest BCUT2D eigenvalue weighted by Gasteiger charge is 2.12. The summed E-state index contributed by atoms with van der Waals surface area (Å²) in [7, 11) is 1.62. The van der Waals surface area contributed by atoms with Crippen molar-refractivity contribution in [2.45, 2.75) is 13.8 Å². The van der Waals surface area contributed by atoms with Crippen LogP contribution in [0.25, 0.3) is 0 Å². The van der Waals surface area contributed by atoms with Crippen LogP contribution in [0.5, 0.6) is 5.75 Å². The van der Waals surface area contributed by atoms with Crippen LogP contribution in [0.15, 0.2) is 24.3 Å². The van der Waals surface area contributed by atoms with Crippen LogP contribution >= 0.6 is 12.2 Å². The van der Waals surface area contributed by atoms with Gasteiger partial charge in [-0.05, 0) is 38.2 Å². The lowest BCUT2D eigenvalue weighted by molar-refractivity contribution is -0.121. The van der Waals surface area contributed by atoms with Gasteiger partial charge >= 0.3 is 0 Å². The molecular formula is C14H21N3O2S. The number of likely N-dealkylation sites (N-methyl/N-ethyl adjacent to an activating group) is 2. The number of benzene rings is 1. The van der Waals surface area contributed by atoms with Crippen molar-refractivity contribution in [3.63, 3.8) is 0 Å². The van der Waals surface area contributed by atoms with Gasteiger partial charge in [0.1, 0.15) is 5.75 Å². The maximum atomic E-state index is 11.6.